The van der Waals surface area contributed by atoms with Gasteiger partial charge in [0.1, 0.15) is 29.6 Å². The second-order valence-corrected chi connectivity index (χ2v) is 17.8. The van der Waals surface area contributed by atoms with Crippen LogP contribution in [-0.2, 0) is 43.4 Å². The first-order chi connectivity index (χ1) is 32.8. The Labute approximate surface area is 401 Å². The Morgan fingerprint density at radius 1 is 0.750 bits per heavy atom. The van der Waals surface area contributed by atoms with E-state index in [0.29, 0.717) is 82.7 Å². The number of rotatable bonds is 8. The van der Waals surface area contributed by atoms with Crippen molar-refractivity contribution in [2.45, 2.75) is 96.4 Å². The molecule has 5 aliphatic rings. The van der Waals surface area contributed by atoms with Crippen LogP contribution in [0.5, 0.6) is 23.0 Å². The van der Waals surface area contributed by atoms with Gasteiger partial charge < -0.3 is 45.9 Å². The van der Waals surface area contributed by atoms with Gasteiger partial charge in [-0.1, -0.05) is 84.4 Å². The van der Waals surface area contributed by atoms with E-state index in [1.165, 1.54) is 0 Å². The molecule has 14 nitrogen and oxygen atoms in total. The van der Waals surface area contributed by atoms with E-state index in [4.69, 9.17) is 25.8 Å². The summed E-state index contributed by atoms with van der Waals surface area (Å²) in [6.45, 7) is 5.91. The molecule has 6 N–H and O–H groups in total. The lowest BCUT2D eigenvalue weighted by Gasteiger charge is -2.29. The number of carboxylic acid groups (broad SMARTS) is 1. The van der Waals surface area contributed by atoms with Crippen LogP contribution in [0.1, 0.15) is 78.5 Å². The summed E-state index contributed by atoms with van der Waals surface area (Å²) in [5.74, 6) is -1.39. The van der Waals surface area contributed by atoms with Gasteiger partial charge in [-0.15, -0.1) is 0 Å². The number of benzene rings is 5. The topological polar surface area (TPSA) is 193 Å². The van der Waals surface area contributed by atoms with Crippen molar-refractivity contribution in [3.05, 3.63) is 148 Å². The zero-order chi connectivity index (χ0) is 48.2. The molecule has 10 rings (SSSR count). The minimum absolute atomic E-state index is 0.00587. The van der Waals surface area contributed by atoms with Gasteiger partial charge >= 0.3 is 5.97 Å². The van der Waals surface area contributed by atoms with Crippen LogP contribution in [-0.4, -0.2) is 66.0 Å². The number of ether oxygens (including phenoxy) is 3. The summed E-state index contributed by atoms with van der Waals surface area (Å²) in [5, 5.41) is 26.0. The molecule has 0 radical (unpaired) electrons. The first kappa shape index (κ1) is 48.9. The highest BCUT2D eigenvalue weighted by Gasteiger charge is 2.32. The smallest absolute Gasteiger partial charge is 0.326 e. The van der Waals surface area contributed by atoms with Crippen molar-refractivity contribution in [3.63, 3.8) is 0 Å². The molecule has 0 spiro atoms. The zero-order valence-electron chi connectivity index (χ0n) is 38.4. The summed E-state index contributed by atoms with van der Waals surface area (Å²) in [5.41, 5.74) is 4.94. The molecule has 4 aliphatic heterocycles. The van der Waals surface area contributed by atoms with Gasteiger partial charge in [-0.2, -0.15) is 0 Å². The van der Waals surface area contributed by atoms with Crippen LogP contribution < -0.4 is 40.8 Å². The molecule has 0 aromatic heterocycles. The third-order valence-corrected chi connectivity index (χ3v) is 12.8. The number of carbonyl (C=O) groups is 5. The molecule has 1 saturated carbocycles. The zero-order valence-corrected chi connectivity index (χ0v) is 39.2. The van der Waals surface area contributed by atoms with Crippen molar-refractivity contribution in [1.82, 2.24) is 21.3 Å². The van der Waals surface area contributed by atoms with Gasteiger partial charge in [-0.05, 0) is 111 Å². The van der Waals surface area contributed by atoms with Gasteiger partial charge in [0.25, 0.3) is 5.91 Å². The molecule has 1 aliphatic carbocycles. The lowest BCUT2D eigenvalue weighted by molar-refractivity contribution is -0.142. The molecule has 68 heavy (non-hydrogen) atoms. The van der Waals surface area contributed by atoms with E-state index in [0.717, 1.165) is 16.7 Å². The first-order valence-electron chi connectivity index (χ1n) is 23.0. The number of hydrogen-bond acceptors (Lipinski definition) is 9. The second-order valence-electron chi connectivity index (χ2n) is 17.4. The van der Waals surface area contributed by atoms with Crippen molar-refractivity contribution in [2.75, 3.05) is 18.5 Å². The number of aryl methyl sites for hydroxylation is 2. The first-order valence-corrected chi connectivity index (χ1v) is 23.4. The van der Waals surface area contributed by atoms with Crippen LogP contribution in [0.15, 0.2) is 109 Å². The van der Waals surface area contributed by atoms with E-state index >= 15 is 0 Å². The van der Waals surface area contributed by atoms with Gasteiger partial charge in [0.2, 0.25) is 17.7 Å². The predicted molar refractivity (Wildman–Crippen MR) is 259 cm³/mol. The Kier molecular flexibility index (Phi) is 16.6. The molecule has 5 aromatic carbocycles. The van der Waals surface area contributed by atoms with Crippen molar-refractivity contribution >= 4 is 46.9 Å². The Hall–Kier alpha value is -7.06. The van der Waals surface area contributed by atoms with E-state index in [9.17, 15) is 29.1 Å². The Morgan fingerprint density at radius 2 is 1.41 bits per heavy atom. The van der Waals surface area contributed by atoms with E-state index < -0.39 is 35.9 Å². The number of aliphatic carboxylic acids is 1. The number of hydrogen-bond donors (Lipinski definition) is 6. The molecule has 3 atom stereocenters. The fraction of sp³-hybridized carbons (Fsp3) is 0.340. The summed E-state index contributed by atoms with van der Waals surface area (Å²) >= 11 is 6.45. The number of anilines is 1. The number of nitrogens with one attached hydrogen (secondary N) is 5. The van der Waals surface area contributed by atoms with Crippen molar-refractivity contribution < 1.29 is 43.3 Å². The minimum atomic E-state index is -1.34. The number of halogens is 1. The predicted octanol–water partition coefficient (Wildman–Crippen LogP) is 7.91. The average molecular weight is 945 g/mol. The monoisotopic (exact) mass is 943 g/mol. The van der Waals surface area contributed by atoms with E-state index in [1.807, 2.05) is 69.3 Å². The normalized spacial score (nSPS) is 20.8. The van der Waals surface area contributed by atoms with Crippen LogP contribution in [0.3, 0.4) is 0 Å². The summed E-state index contributed by atoms with van der Waals surface area (Å²) in [6, 6.07) is 28.4. The largest absolute Gasteiger partial charge is 0.490 e. The maximum absolute atomic E-state index is 14.2. The minimum Gasteiger partial charge on any atom is -0.490 e. The third-order valence-electron chi connectivity index (χ3n) is 12.2. The Balaban J connectivity index is 1.18. The summed E-state index contributed by atoms with van der Waals surface area (Å²) in [6.07, 6.45) is 2.80. The lowest BCUT2D eigenvalue weighted by atomic mass is 9.84. The fourth-order valence-corrected chi connectivity index (χ4v) is 8.78. The second kappa shape index (κ2) is 23.1. The molecule has 1 fully saturated rings. The number of amides is 4. The molecule has 5 aromatic rings. The van der Waals surface area contributed by atoms with Crippen LogP contribution >= 0.6 is 11.6 Å². The summed E-state index contributed by atoms with van der Waals surface area (Å²) in [7, 11) is 0. The van der Waals surface area contributed by atoms with Gasteiger partial charge in [-0.25, -0.2) is 4.79 Å². The number of carboxylic acids is 1. The van der Waals surface area contributed by atoms with Gasteiger partial charge in [0.05, 0.1) is 6.61 Å². The maximum atomic E-state index is 14.2. The molecule has 4 heterocycles. The van der Waals surface area contributed by atoms with E-state index in [1.54, 1.807) is 60.7 Å². The molecule has 15 heteroatoms. The summed E-state index contributed by atoms with van der Waals surface area (Å²) in [4.78, 5) is 68.3. The molecule has 4 amide bonds. The third kappa shape index (κ3) is 13.3. The number of carbonyl (C=O) groups excluding carboxylic acids is 4. The van der Waals surface area contributed by atoms with Gasteiger partial charge in [0, 0.05) is 54.2 Å². The highest BCUT2D eigenvalue weighted by molar-refractivity contribution is 6.32. The molecular weight excluding hydrogens is 886 g/mol. The maximum Gasteiger partial charge on any atom is 0.326 e. The van der Waals surface area contributed by atoms with Gasteiger partial charge in [-0.3, -0.25) is 19.2 Å². The average Bonchev–Trinajstić information content (AvgIpc) is 3.32. The molecular formula is C53H58ClN5O9. The van der Waals surface area contributed by atoms with Crippen LogP contribution in [0.2, 0.25) is 5.02 Å². The standard InChI is InChI=1S/C53H58ClN5O9/c1-4-66-45-29-42(68-41-23-32(2)48(54)33(3)24-41)28-38-30-55-39-19-15-35(16-20-39)26-44(53(64)65)58-51(62)43(25-34-11-7-5-8-12-34)57-52(63)49(37-13-9-6-10-14-37)59-46(60)27-36-17-21-40(22-18-36)56-47(61)31-67-50(38)45/h5-16,19-20,23-24,28-29,36,40,43-44,49,55H,4,17-18,21-22,25-27,30-31H2,1-3H3,(H,56,61)(H,57,63)(H,58,62)(H,59,60)(H,64,65)/t36?,40?,43-,44+,49+/m1/s1. The molecule has 4 bridgehead atoms. The highest BCUT2D eigenvalue weighted by Crippen LogP contribution is 2.39. The fourth-order valence-electron chi connectivity index (χ4n) is 8.67. The van der Waals surface area contributed by atoms with E-state index in [-0.39, 0.29) is 56.2 Å². The van der Waals surface area contributed by atoms with Crippen LogP contribution in [0, 0.1) is 19.8 Å². The summed E-state index contributed by atoms with van der Waals surface area (Å²) < 4.78 is 18.7. The lowest BCUT2D eigenvalue weighted by Crippen LogP contribution is -2.55. The van der Waals surface area contributed by atoms with Crippen LogP contribution in [0.4, 0.5) is 5.69 Å². The Bertz CT molecular complexity index is 2550. The quantitative estimate of drug-likeness (QED) is 0.0891. The van der Waals surface area contributed by atoms with Gasteiger partial charge in [0.15, 0.2) is 18.1 Å². The van der Waals surface area contributed by atoms with Crippen molar-refractivity contribution in [2.24, 2.45) is 5.92 Å². The Morgan fingerprint density at radius 3 is 2.07 bits per heavy atom. The molecule has 0 unspecified atom stereocenters. The highest BCUT2D eigenvalue weighted by atomic mass is 35.5. The van der Waals surface area contributed by atoms with Crippen molar-refractivity contribution in [1.29, 1.82) is 0 Å². The molecule has 356 valence electrons. The molecule has 0 saturated heterocycles. The SMILES string of the molecule is CCOc1cc(Oc2cc(C)c(Cl)c(C)c2)cc2c1OCC(=O)NC1CCC(CC1)CC(=O)N[C@@H](c1ccccc1)C(=O)N[C@H](Cc1ccccc1)C(=O)N[C@H](C(=O)O)Cc1ccc(cc1)NC2. The van der Waals surface area contributed by atoms with Crippen LogP contribution in [0.25, 0.3) is 0 Å². The van der Waals surface area contributed by atoms with E-state index in [2.05, 4.69) is 26.6 Å². The van der Waals surface area contributed by atoms with Crippen molar-refractivity contribution in [3.8, 4) is 23.0 Å².